The van der Waals surface area contributed by atoms with Crippen LogP contribution in [0, 0.1) is 0 Å². The molecule has 0 spiro atoms. The highest BCUT2D eigenvalue weighted by atomic mass is 16.5. The summed E-state index contributed by atoms with van der Waals surface area (Å²) in [5, 5.41) is 0. The number of hydrogen-bond acceptors (Lipinski definition) is 3. The highest BCUT2D eigenvalue weighted by molar-refractivity contribution is 5.29. The lowest BCUT2D eigenvalue weighted by molar-refractivity contribution is -0.0110. The molecule has 2 rings (SSSR count). The molecule has 0 radical (unpaired) electrons. The van der Waals surface area contributed by atoms with E-state index in [1.54, 1.807) is 0 Å². The molecule has 0 saturated carbocycles. The molecule has 1 aromatic rings. The maximum Gasteiger partial charge on any atom is 0.119 e. The summed E-state index contributed by atoms with van der Waals surface area (Å²) in [4.78, 5) is 0. The van der Waals surface area contributed by atoms with Crippen LogP contribution in [0.25, 0.3) is 0 Å². The molecular formula is C15H23NO2. The molecule has 0 amide bonds. The van der Waals surface area contributed by atoms with Crippen molar-refractivity contribution in [3.63, 3.8) is 0 Å². The molecule has 1 saturated heterocycles. The topological polar surface area (TPSA) is 44.5 Å². The fourth-order valence-electron chi connectivity index (χ4n) is 2.26. The van der Waals surface area contributed by atoms with Gasteiger partial charge in [-0.2, -0.15) is 0 Å². The highest BCUT2D eigenvalue weighted by Crippen LogP contribution is 2.17. The van der Waals surface area contributed by atoms with E-state index < -0.39 is 0 Å². The third-order valence-corrected chi connectivity index (χ3v) is 3.17. The van der Waals surface area contributed by atoms with Crippen LogP contribution in [-0.4, -0.2) is 25.4 Å². The Morgan fingerprint density at radius 1 is 1.44 bits per heavy atom. The molecule has 2 N–H and O–H groups in total. The first-order chi connectivity index (χ1) is 8.74. The molecule has 1 fully saturated rings. The Bertz CT molecular complexity index is 359. The first-order valence-electron chi connectivity index (χ1n) is 6.83. The van der Waals surface area contributed by atoms with Crippen LogP contribution in [0.2, 0.25) is 0 Å². The number of ether oxygens (including phenoxy) is 2. The van der Waals surface area contributed by atoms with E-state index in [1.165, 1.54) is 18.4 Å². The Balaban J connectivity index is 1.84. The maximum absolute atomic E-state index is 5.80. The molecule has 0 aromatic heterocycles. The van der Waals surface area contributed by atoms with Crippen molar-refractivity contribution in [3.8, 4) is 5.75 Å². The van der Waals surface area contributed by atoms with Crippen LogP contribution >= 0.6 is 0 Å². The van der Waals surface area contributed by atoms with Gasteiger partial charge in [-0.3, -0.25) is 0 Å². The van der Waals surface area contributed by atoms with Gasteiger partial charge in [0.1, 0.15) is 12.4 Å². The zero-order valence-electron chi connectivity index (χ0n) is 11.1. The average Bonchev–Trinajstić information content (AvgIpc) is 2.37. The van der Waals surface area contributed by atoms with Gasteiger partial charge < -0.3 is 15.2 Å². The molecule has 3 heteroatoms. The second-order valence-electron chi connectivity index (χ2n) is 5.13. The second kappa shape index (κ2) is 6.76. The van der Waals surface area contributed by atoms with E-state index in [-0.39, 0.29) is 12.1 Å². The van der Waals surface area contributed by atoms with Gasteiger partial charge in [0.2, 0.25) is 0 Å². The first kappa shape index (κ1) is 13.4. The van der Waals surface area contributed by atoms with E-state index in [1.807, 2.05) is 19.1 Å². The fraction of sp³-hybridized carbons (Fsp3) is 0.600. The lowest BCUT2D eigenvalue weighted by Gasteiger charge is -2.22. The van der Waals surface area contributed by atoms with Crippen molar-refractivity contribution in [2.75, 3.05) is 13.2 Å². The van der Waals surface area contributed by atoms with Gasteiger partial charge in [-0.1, -0.05) is 12.1 Å². The molecule has 0 bridgehead atoms. The van der Waals surface area contributed by atoms with Gasteiger partial charge in [-0.05, 0) is 50.3 Å². The second-order valence-corrected chi connectivity index (χ2v) is 5.13. The summed E-state index contributed by atoms with van der Waals surface area (Å²) in [6, 6.07) is 8.36. The summed E-state index contributed by atoms with van der Waals surface area (Å²) in [7, 11) is 0. The lowest BCUT2D eigenvalue weighted by Crippen LogP contribution is -2.25. The molecule has 2 unspecified atom stereocenters. The normalized spacial score (nSPS) is 21.6. The van der Waals surface area contributed by atoms with E-state index in [0.29, 0.717) is 6.61 Å². The summed E-state index contributed by atoms with van der Waals surface area (Å²) < 4.78 is 11.5. The summed E-state index contributed by atoms with van der Waals surface area (Å²) in [6.45, 7) is 3.55. The van der Waals surface area contributed by atoms with Crippen molar-refractivity contribution in [2.45, 2.75) is 44.8 Å². The predicted octanol–water partition coefficient (Wildman–Crippen LogP) is 2.52. The zero-order chi connectivity index (χ0) is 12.8. The molecule has 0 aliphatic carbocycles. The molecule has 1 aromatic carbocycles. The van der Waals surface area contributed by atoms with Crippen LogP contribution < -0.4 is 10.5 Å². The first-order valence-corrected chi connectivity index (χ1v) is 6.83. The number of nitrogens with two attached hydrogens (primary N) is 1. The van der Waals surface area contributed by atoms with Crippen LogP contribution in [0.4, 0.5) is 0 Å². The SMILES string of the molecule is CC(N)Cc1cccc(OCC2CCCCO2)c1. The van der Waals surface area contributed by atoms with Crippen LogP contribution in [0.5, 0.6) is 5.75 Å². The van der Waals surface area contributed by atoms with Crippen molar-refractivity contribution < 1.29 is 9.47 Å². The van der Waals surface area contributed by atoms with Gasteiger partial charge in [0, 0.05) is 12.6 Å². The predicted molar refractivity (Wildman–Crippen MR) is 72.9 cm³/mol. The summed E-state index contributed by atoms with van der Waals surface area (Å²) in [5.41, 5.74) is 7.03. The minimum absolute atomic E-state index is 0.182. The largest absolute Gasteiger partial charge is 0.491 e. The van der Waals surface area contributed by atoms with Crippen molar-refractivity contribution in [1.82, 2.24) is 0 Å². The number of benzene rings is 1. The van der Waals surface area contributed by atoms with Crippen molar-refractivity contribution in [3.05, 3.63) is 29.8 Å². The van der Waals surface area contributed by atoms with Gasteiger partial charge in [0.05, 0.1) is 6.10 Å². The summed E-state index contributed by atoms with van der Waals surface area (Å²) in [6.07, 6.45) is 4.69. The van der Waals surface area contributed by atoms with E-state index in [0.717, 1.165) is 25.2 Å². The molecular weight excluding hydrogens is 226 g/mol. The molecule has 1 aliphatic rings. The Morgan fingerprint density at radius 3 is 3.06 bits per heavy atom. The molecule has 18 heavy (non-hydrogen) atoms. The minimum atomic E-state index is 0.182. The van der Waals surface area contributed by atoms with Gasteiger partial charge in [0.25, 0.3) is 0 Å². The van der Waals surface area contributed by atoms with E-state index >= 15 is 0 Å². The minimum Gasteiger partial charge on any atom is -0.491 e. The number of hydrogen-bond donors (Lipinski definition) is 1. The van der Waals surface area contributed by atoms with Crippen molar-refractivity contribution in [2.24, 2.45) is 5.73 Å². The third kappa shape index (κ3) is 4.31. The number of rotatable bonds is 5. The Labute approximate surface area is 109 Å². The molecule has 3 nitrogen and oxygen atoms in total. The van der Waals surface area contributed by atoms with Crippen LogP contribution in [0.15, 0.2) is 24.3 Å². The van der Waals surface area contributed by atoms with Gasteiger partial charge in [-0.25, -0.2) is 0 Å². The van der Waals surface area contributed by atoms with E-state index in [9.17, 15) is 0 Å². The van der Waals surface area contributed by atoms with Gasteiger partial charge in [0.15, 0.2) is 0 Å². The van der Waals surface area contributed by atoms with Gasteiger partial charge in [-0.15, -0.1) is 0 Å². The molecule has 1 aliphatic heterocycles. The van der Waals surface area contributed by atoms with Crippen LogP contribution in [-0.2, 0) is 11.2 Å². The zero-order valence-corrected chi connectivity index (χ0v) is 11.1. The monoisotopic (exact) mass is 249 g/mol. The van der Waals surface area contributed by atoms with Crippen LogP contribution in [0.3, 0.4) is 0 Å². The summed E-state index contributed by atoms with van der Waals surface area (Å²) >= 11 is 0. The molecule has 1 heterocycles. The van der Waals surface area contributed by atoms with Crippen molar-refractivity contribution >= 4 is 0 Å². The quantitative estimate of drug-likeness (QED) is 0.872. The van der Waals surface area contributed by atoms with Gasteiger partial charge >= 0.3 is 0 Å². The standard InChI is InChI=1S/C15H23NO2/c1-12(16)9-13-5-4-7-14(10-13)18-11-15-6-2-3-8-17-15/h4-5,7,10,12,15H,2-3,6,8-9,11,16H2,1H3. The maximum atomic E-state index is 5.80. The Kier molecular flexibility index (Phi) is 5.02. The van der Waals surface area contributed by atoms with E-state index in [2.05, 4.69) is 12.1 Å². The fourth-order valence-corrected chi connectivity index (χ4v) is 2.26. The third-order valence-electron chi connectivity index (χ3n) is 3.17. The Morgan fingerprint density at radius 2 is 2.33 bits per heavy atom. The van der Waals surface area contributed by atoms with Crippen LogP contribution in [0.1, 0.15) is 31.7 Å². The summed E-state index contributed by atoms with van der Waals surface area (Å²) in [5.74, 6) is 0.919. The lowest BCUT2D eigenvalue weighted by atomic mass is 10.1. The van der Waals surface area contributed by atoms with Crippen molar-refractivity contribution in [1.29, 1.82) is 0 Å². The average molecular weight is 249 g/mol. The van der Waals surface area contributed by atoms with E-state index in [4.69, 9.17) is 15.2 Å². The highest BCUT2D eigenvalue weighted by Gasteiger charge is 2.14. The molecule has 100 valence electrons. The smallest absolute Gasteiger partial charge is 0.119 e. The Hall–Kier alpha value is -1.06. The molecule has 2 atom stereocenters.